The van der Waals surface area contributed by atoms with Crippen molar-refractivity contribution in [3.63, 3.8) is 0 Å². The van der Waals surface area contributed by atoms with E-state index in [1.165, 1.54) is 7.11 Å². The number of halogens is 1. The normalized spacial score (nSPS) is 33.4. The molecule has 4 atom stereocenters. The number of nitrogens with zero attached hydrogens (tertiary/aromatic N) is 1. The van der Waals surface area contributed by atoms with Crippen LogP contribution in [0.2, 0.25) is 0 Å². The molecule has 0 radical (unpaired) electrons. The van der Waals surface area contributed by atoms with Crippen LogP contribution < -0.4 is 0 Å². The summed E-state index contributed by atoms with van der Waals surface area (Å²) in [6.45, 7) is 5.52. The summed E-state index contributed by atoms with van der Waals surface area (Å²) in [7, 11) is 1.38. The summed E-state index contributed by atoms with van der Waals surface area (Å²) in [4.78, 5) is 25.8. The molecule has 2 heterocycles. The highest BCUT2D eigenvalue weighted by Crippen LogP contribution is 2.46. The molecular weight excluding hydrogens is 314 g/mol. The largest absolute Gasteiger partial charge is 0.469 e. The minimum atomic E-state index is -0.526. The molecule has 108 valence electrons. The Labute approximate surface area is 121 Å². The second kappa shape index (κ2) is 4.96. The molecule has 0 aromatic rings. The summed E-state index contributed by atoms with van der Waals surface area (Å²) in [6, 6.07) is -0.0966. The number of esters is 1. The van der Waals surface area contributed by atoms with Crippen LogP contribution in [0.5, 0.6) is 0 Å². The van der Waals surface area contributed by atoms with Crippen molar-refractivity contribution in [2.75, 3.05) is 7.11 Å². The number of rotatable bonds is 1. The summed E-state index contributed by atoms with van der Waals surface area (Å²) >= 11 is 3.54. The maximum Gasteiger partial charge on any atom is 0.410 e. The van der Waals surface area contributed by atoms with Gasteiger partial charge in [-0.1, -0.05) is 15.9 Å². The highest BCUT2D eigenvalue weighted by atomic mass is 79.9. The first-order valence-corrected chi connectivity index (χ1v) is 7.41. The first-order chi connectivity index (χ1) is 8.76. The molecule has 0 N–H and O–H groups in total. The van der Waals surface area contributed by atoms with Crippen molar-refractivity contribution in [3.8, 4) is 0 Å². The Morgan fingerprint density at radius 2 is 1.79 bits per heavy atom. The van der Waals surface area contributed by atoms with Crippen LogP contribution in [0.3, 0.4) is 0 Å². The maximum absolute atomic E-state index is 12.3. The zero-order chi connectivity index (χ0) is 14.4. The first-order valence-electron chi connectivity index (χ1n) is 6.49. The molecule has 0 aromatic carbocycles. The summed E-state index contributed by atoms with van der Waals surface area (Å²) in [6.07, 6.45) is 1.38. The van der Waals surface area contributed by atoms with Crippen molar-refractivity contribution in [1.29, 1.82) is 0 Å². The number of amides is 1. The van der Waals surface area contributed by atoms with Crippen molar-refractivity contribution in [2.24, 2.45) is 5.92 Å². The summed E-state index contributed by atoms with van der Waals surface area (Å²) < 4.78 is 10.3. The zero-order valence-corrected chi connectivity index (χ0v) is 13.3. The fourth-order valence-electron chi connectivity index (χ4n) is 2.99. The van der Waals surface area contributed by atoms with Gasteiger partial charge in [-0.2, -0.15) is 0 Å². The summed E-state index contributed by atoms with van der Waals surface area (Å²) in [5, 5.41) is 0. The van der Waals surface area contributed by atoms with Crippen LogP contribution in [0.25, 0.3) is 0 Å². The number of hydrogen-bond acceptors (Lipinski definition) is 4. The number of methoxy groups -OCH3 is 1. The summed E-state index contributed by atoms with van der Waals surface area (Å²) in [5.74, 6) is -0.557. The highest BCUT2D eigenvalue weighted by Gasteiger charge is 2.58. The lowest BCUT2D eigenvalue weighted by Crippen LogP contribution is -2.41. The second-order valence-electron chi connectivity index (χ2n) is 6.09. The quantitative estimate of drug-likeness (QED) is 0.545. The smallest absolute Gasteiger partial charge is 0.410 e. The average molecular weight is 334 g/mol. The van der Waals surface area contributed by atoms with Gasteiger partial charge in [0, 0.05) is 12.1 Å². The van der Waals surface area contributed by atoms with Crippen molar-refractivity contribution < 1.29 is 19.1 Å². The second-order valence-corrected chi connectivity index (χ2v) is 7.15. The molecule has 0 aliphatic carbocycles. The van der Waals surface area contributed by atoms with Gasteiger partial charge in [0.25, 0.3) is 0 Å². The average Bonchev–Trinajstić information content (AvgIpc) is 2.81. The molecule has 19 heavy (non-hydrogen) atoms. The number of hydrogen-bond donors (Lipinski definition) is 0. The van der Waals surface area contributed by atoms with Crippen LogP contribution in [0.1, 0.15) is 33.6 Å². The van der Waals surface area contributed by atoms with Crippen molar-refractivity contribution in [1.82, 2.24) is 4.90 Å². The first kappa shape index (κ1) is 14.6. The molecule has 2 aliphatic heterocycles. The van der Waals surface area contributed by atoms with Crippen LogP contribution >= 0.6 is 15.9 Å². The topological polar surface area (TPSA) is 55.8 Å². The Morgan fingerprint density at radius 3 is 2.32 bits per heavy atom. The van der Waals surface area contributed by atoms with E-state index in [9.17, 15) is 9.59 Å². The molecule has 0 spiro atoms. The van der Waals surface area contributed by atoms with E-state index in [2.05, 4.69) is 15.9 Å². The van der Waals surface area contributed by atoms with Gasteiger partial charge in [-0.05, 0) is 33.6 Å². The molecule has 6 heteroatoms. The highest BCUT2D eigenvalue weighted by molar-refractivity contribution is 9.09. The monoisotopic (exact) mass is 333 g/mol. The lowest BCUT2D eigenvalue weighted by Gasteiger charge is -2.27. The van der Waals surface area contributed by atoms with Crippen LogP contribution in [0, 0.1) is 5.92 Å². The van der Waals surface area contributed by atoms with Crippen molar-refractivity contribution in [3.05, 3.63) is 0 Å². The number of alkyl halides is 1. The van der Waals surface area contributed by atoms with Gasteiger partial charge in [0.05, 0.1) is 17.9 Å². The number of ether oxygens (including phenoxy) is 2. The lowest BCUT2D eigenvalue weighted by molar-refractivity contribution is -0.146. The zero-order valence-electron chi connectivity index (χ0n) is 11.7. The van der Waals surface area contributed by atoms with Gasteiger partial charge in [0.2, 0.25) is 0 Å². The van der Waals surface area contributed by atoms with Gasteiger partial charge in [-0.25, -0.2) is 4.79 Å². The fraction of sp³-hybridized carbons (Fsp3) is 0.846. The standard InChI is InChI=1S/C13H20BrNO4/c1-13(2,3)19-12(17)15-7-5-6-8(15)10(14)9(7)11(16)18-4/h7-10H,5-6H2,1-4H3. The molecule has 2 rings (SSSR count). The third kappa shape index (κ3) is 2.59. The van der Waals surface area contributed by atoms with Gasteiger partial charge in [-0.3, -0.25) is 4.79 Å². The predicted octanol–water partition coefficient (Wildman–Crippen LogP) is 2.32. The minimum absolute atomic E-state index is 0.0175. The van der Waals surface area contributed by atoms with E-state index in [4.69, 9.17) is 9.47 Å². The Morgan fingerprint density at radius 1 is 1.21 bits per heavy atom. The molecule has 2 aliphatic rings. The number of fused-ring (bicyclic) bond motifs is 2. The van der Waals surface area contributed by atoms with Gasteiger partial charge < -0.3 is 14.4 Å². The maximum atomic E-state index is 12.3. The van der Waals surface area contributed by atoms with Crippen LogP contribution in [0.4, 0.5) is 4.79 Å². The van der Waals surface area contributed by atoms with Gasteiger partial charge in [0.15, 0.2) is 0 Å². The van der Waals surface area contributed by atoms with Crippen molar-refractivity contribution >= 4 is 28.0 Å². The van der Waals surface area contributed by atoms with Gasteiger partial charge in [-0.15, -0.1) is 0 Å². The Kier molecular flexibility index (Phi) is 3.82. The summed E-state index contributed by atoms with van der Waals surface area (Å²) in [5.41, 5.74) is -0.526. The van der Waals surface area contributed by atoms with Crippen molar-refractivity contribution in [2.45, 2.75) is 56.1 Å². The fourth-order valence-corrected chi connectivity index (χ4v) is 4.08. The van der Waals surface area contributed by atoms with Crippen LogP contribution in [-0.2, 0) is 14.3 Å². The van der Waals surface area contributed by atoms with E-state index in [0.29, 0.717) is 0 Å². The predicted molar refractivity (Wildman–Crippen MR) is 73.1 cm³/mol. The molecule has 5 nitrogen and oxygen atoms in total. The number of carbonyl (C=O) groups is 2. The van der Waals surface area contributed by atoms with E-state index < -0.39 is 5.60 Å². The molecular formula is C13H20BrNO4. The van der Waals surface area contributed by atoms with Crippen LogP contribution in [0.15, 0.2) is 0 Å². The minimum Gasteiger partial charge on any atom is -0.469 e. The third-order valence-corrected chi connectivity index (χ3v) is 4.86. The van der Waals surface area contributed by atoms with E-state index in [0.717, 1.165) is 12.8 Å². The Balaban J connectivity index is 2.16. The molecule has 2 bridgehead atoms. The number of carbonyl (C=O) groups excluding carboxylic acids is 2. The molecule has 2 saturated heterocycles. The molecule has 2 fully saturated rings. The van der Waals surface area contributed by atoms with E-state index in [-0.39, 0.29) is 34.9 Å². The van der Waals surface area contributed by atoms with Gasteiger partial charge in [0.1, 0.15) is 5.60 Å². The molecule has 1 amide bonds. The molecule has 0 aromatic heterocycles. The SMILES string of the molecule is COC(=O)C1C(Br)C2CCC1N2C(=O)OC(C)(C)C. The Hall–Kier alpha value is -0.780. The van der Waals surface area contributed by atoms with Crippen LogP contribution in [-0.4, -0.2) is 46.6 Å². The van der Waals surface area contributed by atoms with E-state index in [1.54, 1.807) is 4.90 Å². The third-order valence-electron chi connectivity index (χ3n) is 3.68. The molecule has 4 unspecified atom stereocenters. The molecule has 0 saturated carbocycles. The van der Waals surface area contributed by atoms with E-state index in [1.807, 2.05) is 20.8 Å². The van der Waals surface area contributed by atoms with Gasteiger partial charge >= 0.3 is 12.1 Å². The van der Waals surface area contributed by atoms with E-state index >= 15 is 0 Å². The Bertz CT molecular complexity index is 393. The lowest BCUT2D eigenvalue weighted by atomic mass is 9.89.